The van der Waals surface area contributed by atoms with Crippen molar-refractivity contribution in [3.8, 4) is 0 Å². The molecule has 6 N–H and O–H groups in total. The summed E-state index contributed by atoms with van der Waals surface area (Å²) in [5.74, 6) is 1.49. The zero-order valence-electron chi connectivity index (χ0n) is 59.1. The van der Waals surface area contributed by atoms with Gasteiger partial charge < -0.3 is 40.7 Å². The lowest BCUT2D eigenvalue weighted by atomic mass is 9.95. The van der Waals surface area contributed by atoms with Crippen LogP contribution < -0.4 is 11.1 Å². The standard InChI is InChI=1S/C56H110N2O5.C10H21NO.C8H14O.C2H7NO/c1-5-9-13-17-20-28-38-52(36-26-15-11-7-3)50-62-55(60)42-32-24-34-44-57(46-47-58(48-49-59)54-40-30-22-19-23-31-41-54)45-35-25-33-43-56(61)63-51-53(37-27-16-12-8-4)39-29-21-18-14-10-6-2;12-9-8-11-10-6-4-2-1-3-5-7-10;9-8-6-4-2-1-3-5-7-8;3-1-2-4/h52-54,59H,5-51H2,1-4H3;10-12H,1-9H2;1-7H2;4H,1-3H2. The number of aliphatic hydroxyl groups excluding tert-OH is 3. The Labute approximate surface area is 546 Å². The number of rotatable bonds is 50. The molecule has 0 aromatic rings. The predicted octanol–water partition coefficient (Wildman–Crippen LogP) is 18.5. The summed E-state index contributed by atoms with van der Waals surface area (Å²) in [6, 6.07) is 1.26. The maximum Gasteiger partial charge on any atom is 0.305 e. The predicted molar refractivity (Wildman–Crippen MR) is 375 cm³/mol. The van der Waals surface area contributed by atoms with Crippen LogP contribution in [0.2, 0.25) is 0 Å². The number of Topliss-reactive ketones (excluding diaryl/α,β-unsaturated/α-hetero) is 1. The second-order valence-electron chi connectivity index (χ2n) is 27.2. The number of hydrogen-bond acceptors (Lipinski definition) is 12. The molecular weight excluding hydrogens is 1100 g/mol. The van der Waals surface area contributed by atoms with Crippen LogP contribution in [0.5, 0.6) is 0 Å². The Hall–Kier alpha value is -1.67. The van der Waals surface area contributed by atoms with Crippen molar-refractivity contribution in [1.82, 2.24) is 15.1 Å². The summed E-state index contributed by atoms with van der Waals surface area (Å²) in [7, 11) is 0. The van der Waals surface area contributed by atoms with Crippen molar-refractivity contribution in [1.29, 1.82) is 0 Å². The monoisotopic (exact) mass is 1250 g/mol. The Morgan fingerprint density at radius 1 is 0.443 bits per heavy atom. The van der Waals surface area contributed by atoms with Gasteiger partial charge in [-0.2, -0.15) is 0 Å². The van der Waals surface area contributed by atoms with Crippen molar-refractivity contribution in [2.75, 3.05) is 78.8 Å². The highest BCUT2D eigenvalue weighted by molar-refractivity contribution is 5.78. The first-order chi connectivity index (χ1) is 43.2. The topological polar surface area (TPSA) is 175 Å². The van der Waals surface area contributed by atoms with Crippen LogP contribution in [0.3, 0.4) is 0 Å². The molecule has 0 amide bonds. The van der Waals surface area contributed by atoms with E-state index in [1.165, 1.54) is 263 Å². The molecule has 0 bridgehead atoms. The second-order valence-corrected chi connectivity index (χ2v) is 27.2. The number of nitrogens with zero attached hydrogens (tertiary/aromatic N) is 2. The molecule has 0 saturated heterocycles. The number of nitrogens with one attached hydrogen (secondary N) is 1. The van der Waals surface area contributed by atoms with E-state index in [-0.39, 0.29) is 31.8 Å². The number of esters is 2. The number of ketones is 1. The molecule has 0 radical (unpaired) electrons. The maximum atomic E-state index is 12.9. The van der Waals surface area contributed by atoms with Gasteiger partial charge in [0.1, 0.15) is 5.78 Å². The van der Waals surface area contributed by atoms with Crippen LogP contribution in [0.1, 0.15) is 368 Å². The summed E-state index contributed by atoms with van der Waals surface area (Å²) in [5.41, 5.74) is 4.78. The van der Waals surface area contributed by atoms with Crippen molar-refractivity contribution in [3.63, 3.8) is 0 Å². The number of hydrogen-bond donors (Lipinski definition) is 5. The van der Waals surface area contributed by atoms with Gasteiger partial charge in [0.15, 0.2) is 0 Å². The van der Waals surface area contributed by atoms with E-state index in [0.29, 0.717) is 62.3 Å². The molecule has 3 aliphatic rings. The van der Waals surface area contributed by atoms with E-state index in [1.807, 2.05) is 0 Å². The van der Waals surface area contributed by atoms with Crippen LogP contribution in [0, 0.1) is 11.8 Å². The zero-order chi connectivity index (χ0) is 64.3. The maximum absolute atomic E-state index is 12.9. The summed E-state index contributed by atoms with van der Waals surface area (Å²) in [6.45, 7) is 16.9. The molecule has 88 heavy (non-hydrogen) atoms. The highest BCUT2D eigenvalue weighted by Crippen LogP contribution is 2.24. The third kappa shape index (κ3) is 59.4. The normalized spacial score (nSPS) is 16.3. The smallest absolute Gasteiger partial charge is 0.305 e. The molecule has 2 unspecified atom stereocenters. The van der Waals surface area contributed by atoms with Gasteiger partial charge in [-0.3, -0.25) is 19.3 Å². The quantitative estimate of drug-likeness (QED) is 0.0288. The van der Waals surface area contributed by atoms with Crippen LogP contribution in [0.25, 0.3) is 0 Å². The van der Waals surface area contributed by atoms with Crippen molar-refractivity contribution in [3.05, 3.63) is 0 Å². The van der Waals surface area contributed by atoms with Crippen molar-refractivity contribution in [2.45, 2.75) is 380 Å². The molecule has 0 aliphatic heterocycles. The van der Waals surface area contributed by atoms with Crippen molar-refractivity contribution >= 4 is 17.7 Å². The molecule has 0 aromatic carbocycles. The largest absolute Gasteiger partial charge is 0.465 e. The van der Waals surface area contributed by atoms with Crippen LogP contribution in [0.15, 0.2) is 0 Å². The Morgan fingerprint density at radius 2 is 0.807 bits per heavy atom. The average molecular weight is 1250 g/mol. The molecule has 524 valence electrons. The van der Waals surface area contributed by atoms with Crippen LogP contribution >= 0.6 is 0 Å². The molecule has 3 rings (SSSR count). The number of ether oxygens (including phenoxy) is 2. The lowest BCUT2D eigenvalue weighted by Gasteiger charge is -2.34. The van der Waals surface area contributed by atoms with E-state index in [4.69, 9.17) is 25.4 Å². The third-order valence-electron chi connectivity index (χ3n) is 18.9. The number of unbranched alkanes of at least 4 members (excludes halogenated alkanes) is 20. The van der Waals surface area contributed by atoms with Crippen LogP contribution in [-0.2, 0) is 23.9 Å². The molecule has 3 fully saturated rings. The van der Waals surface area contributed by atoms with E-state index in [0.717, 1.165) is 103 Å². The molecular formula is C76H152N4O8. The SMILES string of the molecule is CCCCCCCCC(CCCCCC)COC(=O)CCCCCN(CCCCCC(=O)OCC(CCCCCC)CCCCCCCC)CCN(CCO)C1CCCCCCC1.NCCO.O=C1CCCCCCC1.OCCNC1CCCCCCC1. The van der Waals surface area contributed by atoms with Gasteiger partial charge in [-0.05, 0) is 115 Å². The van der Waals surface area contributed by atoms with Crippen LogP contribution in [-0.4, -0.2) is 134 Å². The average Bonchev–Trinajstić information content (AvgIpc) is 3.54. The minimum atomic E-state index is -0.00830. The van der Waals surface area contributed by atoms with E-state index < -0.39 is 0 Å². The van der Waals surface area contributed by atoms with E-state index in [1.54, 1.807) is 0 Å². The highest BCUT2D eigenvalue weighted by Gasteiger charge is 2.21. The molecule has 2 atom stereocenters. The fraction of sp³-hybridized carbons (Fsp3) is 0.961. The first-order valence-corrected chi connectivity index (χ1v) is 38.8. The molecule has 3 aliphatic carbocycles. The van der Waals surface area contributed by atoms with E-state index >= 15 is 0 Å². The van der Waals surface area contributed by atoms with Crippen molar-refractivity contribution < 1.29 is 39.2 Å². The number of carbonyl (C=O) groups is 3. The Morgan fingerprint density at radius 3 is 1.20 bits per heavy atom. The highest BCUT2D eigenvalue weighted by atomic mass is 16.5. The van der Waals surface area contributed by atoms with Gasteiger partial charge in [-0.1, -0.05) is 252 Å². The Kier molecular flexibility index (Phi) is 68.3. The second kappa shape index (κ2) is 69.7. The molecule has 3 saturated carbocycles. The van der Waals surface area contributed by atoms with Gasteiger partial charge in [-0.15, -0.1) is 0 Å². The fourth-order valence-corrected chi connectivity index (χ4v) is 13.1. The van der Waals surface area contributed by atoms with E-state index in [9.17, 15) is 19.5 Å². The van der Waals surface area contributed by atoms with Gasteiger partial charge in [0.05, 0.1) is 33.0 Å². The summed E-state index contributed by atoms with van der Waals surface area (Å²) >= 11 is 0. The van der Waals surface area contributed by atoms with Gasteiger partial charge in [0, 0.05) is 70.5 Å². The minimum Gasteiger partial charge on any atom is -0.465 e. The Bertz CT molecular complexity index is 1350. The molecule has 0 heterocycles. The number of carbonyl (C=O) groups excluding carboxylic acids is 3. The molecule has 0 spiro atoms. The van der Waals surface area contributed by atoms with Gasteiger partial charge in [0.2, 0.25) is 0 Å². The first-order valence-electron chi connectivity index (χ1n) is 38.8. The molecule has 12 heteroatoms. The summed E-state index contributed by atoms with van der Waals surface area (Å²) in [4.78, 5) is 41.8. The summed E-state index contributed by atoms with van der Waals surface area (Å²) in [6.07, 6.45) is 64.5. The summed E-state index contributed by atoms with van der Waals surface area (Å²) < 4.78 is 11.8. The summed E-state index contributed by atoms with van der Waals surface area (Å²) in [5, 5.41) is 29.8. The zero-order valence-corrected chi connectivity index (χ0v) is 59.1. The van der Waals surface area contributed by atoms with E-state index in [2.05, 4.69) is 42.8 Å². The van der Waals surface area contributed by atoms with Crippen molar-refractivity contribution in [2.24, 2.45) is 17.6 Å². The molecule has 0 aromatic heterocycles. The number of aliphatic hydroxyl groups is 3. The lowest BCUT2D eigenvalue weighted by Crippen LogP contribution is -2.43. The fourth-order valence-electron chi connectivity index (χ4n) is 13.1. The molecule has 12 nitrogen and oxygen atoms in total. The third-order valence-corrected chi connectivity index (χ3v) is 18.9. The van der Waals surface area contributed by atoms with Gasteiger partial charge in [-0.25, -0.2) is 0 Å². The Balaban J connectivity index is 0.00000246. The number of nitrogens with two attached hydrogens (primary N) is 1. The minimum absolute atomic E-state index is 0.00830. The van der Waals surface area contributed by atoms with Crippen LogP contribution in [0.4, 0.5) is 0 Å². The first kappa shape index (κ1) is 86.3. The van der Waals surface area contributed by atoms with Gasteiger partial charge >= 0.3 is 11.9 Å². The van der Waals surface area contributed by atoms with Gasteiger partial charge in [0.25, 0.3) is 0 Å². The lowest BCUT2D eigenvalue weighted by molar-refractivity contribution is -0.146.